The molecule has 0 amide bonds. The Morgan fingerprint density at radius 1 is 0.914 bits per heavy atom. The number of phenolic OH excluding ortho intramolecular Hbond substituents is 1. The van der Waals surface area contributed by atoms with E-state index in [1.807, 2.05) is 31.3 Å². The van der Waals surface area contributed by atoms with Gasteiger partial charge in [0.1, 0.15) is 5.75 Å². The van der Waals surface area contributed by atoms with Gasteiger partial charge in [-0.25, -0.2) is 0 Å². The van der Waals surface area contributed by atoms with E-state index in [-0.39, 0.29) is 23.0 Å². The third-order valence-electron chi connectivity index (χ3n) is 6.63. The highest BCUT2D eigenvalue weighted by molar-refractivity contribution is 5.82. The summed E-state index contributed by atoms with van der Waals surface area (Å²) in [5.41, 5.74) is 4.26. The molecule has 0 unspecified atom stereocenters. The van der Waals surface area contributed by atoms with Crippen molar-refractivity contribution in [1.82, 2.24) is 4.90 Å². The Balaban J connectivity index is 1.96. The van der Waals surface area contributed by atoms with E-state index in [9.17, 15) is 9.90 Å². The number of ether oxygens (including phenoxy) is 4. The van der Waals surface area contributed by atoms with Gasteiger partial charge in [0.2, 0.25) is 11.2 Å². The lowest BCUT2D eigenvalue weighted by Crippen LogP contribution is -2.25. The van der Waals surface area contributed by atoms with Gasteiger partial charge in [0, 0.05) is 23.7 Å². The summed E-state index contributed by atoms with van der Waals surface area (Å²) in [7, 11) is 8.28. The van der Waals surface area contributed by atoms with Crippen LogP contribution in [0.15, 0.2) is 53.3 Å². The smallest absolute Gasteiger partial charge is 0.220 e. The summed E-state index contributed by atoms with van der Waals surface area (Å²) in [5.74, 6) is 2.16. The molecular formula is C28H31NO6. The van der Waals surface area contributed by atoms with Crippen LogP contribution in [0.25, 0.3) is 11.1 Å². The van der Waals surface area contributed by atoms with Gasteiger partial charge in [0.05, 0.1) is 28.4 Å². The highest BCUT2D eigenvalue weighted by atomic mass is 16.5. The molecule has 4 rings (SSSR count). The Hall–Kier alpha value is -3.71. The van der Waals surface area contributed by atoms with E-state index in [4.69, 9.17) is 18.9 Å². The standard InChI is InChI=1S/C28H31NO6/c1-29(16-18-8-6-7-9-22(18)30)21-12-10-17-14-25(33-3)27(34-4)28(35-5)26(17)19-11-13-24(32-2)23(31)15-20(19)21/h6-9,11,13-15,21,30H,10,12,16H2,1-5H3/t21-/m0/s1. The van der Waals surface area contributed by atoms with Gasteiger partial charge in [-0.1, -0.05) is 24.3 Å². The number of aryl methyl sites for hydroxylation is 1. The molecule has 0 saturated heterocycles. The summed E-state index contributed by atoms with van der Waals surface area (Å²) in [5, 5.41) is 10.3. The largest absolute Gasteiger partial charge is 0.508 e. The number of phenols is 1. The normalized spacial score (nSPS) is 14.5. The fourth-order valence-corrected chi connectivity index (χ4v) is 4.93. The van der Waals surface area contributed by atoms with Crippen LogP contribution in [0.3, 0.4) is 0 Å². The fourth-order valence-electron chi connectivity index (χ4n) is 4.93. The summed E-state index contributed by atoms with van der Waals surface area (Å²) in [4.78, 5) is 15.2. The molecule has 1 aliphatic carbocycles. The van der Waals surface area contributed by atoms with E-state index in [1.165, 1.54) is 7.11 Å². The summed E-state index contributed by atoms with van der Waals surface area (Å²) in [6.45, 7) is 0.515. The quantitative estimate of drug-likeness (QED) is 0.534. The molecule has 0 spiro atoms. The topological polar surface area (TPSA) is 77.5 Å². The van der Waals surface area contributed by atoms with Gasteiger partial charge < -0.3 is 24.1 Å². The number of benzene rings is 2. The molecule has 0 saturated carbocycles. The molecule has 0 radical (unpaired) electrons. The van der Waals surface area contributed by atoms with Gasteiger partial charge in [-0.15, -0.1) is 0 Å². The Morgan fingerprint density at radius 2 is 1.63 bits per heavy atom. The number of methoxy groups -OCH3 is 4. The molecule has 7 heteroatoms. The molecular weight excluding hydrogens is 446 g/mol. The van der Waals surface area contributed by atoms with Gasteiger partial charge in [-0.05, 0) is 60.8 Å². The molecule has 1 aliphatic rings. The number of aromatic hydroxyl groups is 1. The van der Waals surface area contributed by atoms with Crippen LogP contribution in [0.1, 0.15) is 29.2 Å². The van der Waals surface area contributed by atoms with Gasteiger partial charge in [0.15, 0.2) is 17.2 Å². The summed E-state index contributed by atoms with van der Waals surface area (Å²) in [6.07, 6.45) is 1.47. The maximum absolute atomic E-state index is 13.0. The SMILES string of the molecule is COc1cc2c(c(OC)c1OC)-c1ccc(OC)c(=O)cc1[C@@H](N(C)Cc1ccccc1O)CC2. The maximum atomic E-state index is 13.0. The van der Waals surface area contributed by atoms with Crippen LogP contribution in [0, 0.1) is 0 Å². The number of hydrogen-bond donors (Lipinski definition) is 1. The molecule has 3 aromatic carbocycles. The summed E-state index contributed by atoms with van der Waals surface area (Å²) < 4.78 is 22.5. The third kappa shape index (κ3) is 4.51. The average molecular weight is 478 g/mol. The summed E-state index contributed by atoms with van der Waals surface area (Å²) in [6, 6.07) is 14.4. The second-order valence-electron chi connectivity index (χ2n) is 8.56. The monoisotopic (exact) mass is 477 g/mol. The van der Waals surface area contributed by atoms with E-state index >= 15 is 0 Å². The van der Waals surface area contributed by atoms with E-state index in [0.717, 1.165) is 40.7 Å². The lowest BCUT2D eigenvalue weighted by atomic mass is 9.95. The van der Waals surface area contributed by atoms with Crippen molar-refractivity contribution < 1.29 is 24.1 Å². The van der Waals surface area contributed by atoms with Crippen LogP contribution < -0.4 is 24.4 Å². The highest BCUT2D eigenvalue weighted by Crippen LogP contribution is 2.51. The fraction of sp³-hybridized carbons (Fsp3) is 0.321. The molecule has 3 aromatic rings. The van der Waals surface area contributed by atoms with Crippen molar-refractivity contribution in [2.75, 3.05) is 35.5 Å². The van der Waals surface area contributed by atoms with Crippen molar-refractivity contribution in [2.24, 2.45) is 0 Å². The minimum atomic E-state index is -0.197. The van der Waals surface area contributed by atoms with Crippen LogP contribution >= 0.6 is 0 Å². The van der Waals surface area contributed by atoms with Crippen molar-refractivity contribution in [3.05, 3.63) is 75.4 Å². The zero-order valence-electron chi connectivity index (χ0n) is 20.8. The molecule has 1 N–H and O–H groups in total. The van der Waals surface area contributed by atoms with Gasteiger partial charge in [-0.2, -0.15) is 0 Å². The van der Waals surface area contributed by atoms with E-state index < -0.39 is 0 Å². The minimum absolute atomic E-state index is 0.108. The number of rotatable bonds is 7. The minimum Gasteiger partial charge on any atom is -0.508 e. The predicted octanol–water partition coefficient (Wildman–Crippen LogP) is 4.57. The van der Waals surface area contributed by atoms with Crippen LogP contribution in [0.4, 0.5) is 0 Å². The van der Waals surface area contributed by atoms with Crippen LogP contribution in [0.5, 0.6) is 28.7 Å². The maximum Gasteiger partial charge on any atom is 0.220 e. The molecule has 0 aliphatic heterocycles. The average Bonchev–Trinajstić information content (AvgIpc) is 3.11. The lowest BCUT2D eigenvalue weighted by molar-refractivity contribution is 0.223. The van der Waals surface area contributed by atoms with Crippen molar-refractivity contribution in [2.45, 2.75) is 25.4 Å². The van der Waals surface area contributed by atoms with E-state index in [0.29, 0.717) is 23.8 Å². The Bertz CT molecular complexity index is 1290. The van der Waals surface area contributed by atoms with E-state index in [2.05, 4.69) is 4.90 Å². The van der Waals surface area contributed by atoms with Gasteiger partial charge >= 0.3 is 0 Å². The van der Waals surface area contributed by atoms with Gasteiger partial charge in [0.25, 0.3) is 0 Å². The predicted molar refractivity (Wildman–Crippen MR) is 135 cm³/mol. The molecule has 0 bridgehead atoms. The lowest BCUT2D eigenvalue weighted by Gasteiger charge is -2.28. The zero-order chi connectivity index (χ0) is 25.1. The van der Waals surface area contributed by atoms with Crippen LogP contribution in [-0.2, 0) is 13.0 Å². The van der Waals surface area contributed by atoms with E-state index in [1.54, 1.807) is 45.6 Å². The van der Waals surface area contributed by atoms with Crippen molar-refractivity contribution >= 4 is 0 Å². The Morgan fingerprint density at radius 3 is 2.29 bits per heavy atom. The Labute approximate surface area is 205 Å². The molecule has 184 valence electrons. The number of para-hydroxylation sites is 1. The first-order chi connectivity index (χ1) is 16.9. The third-order valence-corrected chi connectivity index (χ3v) is 6.63. The molecule has 0 fully saturated rings. The summed E-state index contributed by atoms with van der Waals surface area (Å²) >= 11 is 0. The van der Waals surface area contributed by atoms with Crippen LogP contribution in [0.2, 0.25) is 0 Å². The molecule has 0 heterocycles. The molecule has 35 heavy (non-hydrogen) atoms. The molecule has 0 aromatic heterocycles. The molecule has 7 nitrogen and oxygen atoms in total. The zero-order valence-corrected chi connectivity index (χ0v) is 20.8. The second-order valence-corrected chi connectivity index (χ2v) is 8.56. The van der Waals surface area contributed by atoms with Crippen molar-refractivity contribution in [3.8, 4) is 39.9 Å². The first kappa shape index (κ1) is 24.4. The Kier molecular flexibility index (Phi) is 7.17. The van der Waals surface area contributed by atoms with Gasteiger partial charge in [-0.3, -0.25) is 9.69 Å². The number of fused-ring (bicyclic) bond motifs is 3. The van der Waals surface area contributed by atoms with Crippen molar-refractivity contribution in [3.63, 3.8) is 0 Å². The first-order valence-corrected chi connectivity index (χ1v) is 11.4. The first-order valence-electron chi connectivity index (χ1n) is 11.4. The van der Waals surface area contributed by atoms with Crippen LogP contribution in [-0.4, -0.2) is 45.5 Å². The van der Waals surface area contributed by atoms with Crippen molar-refractivity contribution in [1.29, 1.82) is 0 Å². The second kappa shape index (κ2) is 10.3. The number of hydrogen-bond acceptors (Lipinski definition) is 7. The highest BCUT2D eigenvalue weighted by Gasteiger charge is 2.31. The number of nitrogens with zero attached hydrogens (tertiary/aromatic N) is 1. The molecule has 1 atom stereocenters.